The molecule has 0 radical (unpaired) electrons. The number of rotatable bonds is 9. The smallest absolute Gasteiger partial charge is 0.317 e. The highest BCUT2D eigenvalue weighted by Crippen LogP contribution is 2.28. The summed E-state index contributed by atoms with van der Waals surface area (Å²) in [5.74, 6) is -2.42. The van der Waals surface area contributed by atoms with Gasteiger partial charge < -0.3 is 20.3 Å². The lowest BCUT2D eigenvalue weighted by Gasteiger charge is -2.23. The van der Waals surface area contributed by atoms with E-state index in [0.717, 1.165) is 22.2 Å². The number of nitrogens with one attached hydrogen (secondary N) is 2. The highest BCUT2D eigenvalue weighted by atomic mass is 35.5. The first kappa shape index (κ1) is 27.8. The zero-order valence-corrected chi connectivity index (χ0v) is 22.4. The minimum Gasteiger partial charge on any atom is -0.480 e. The molecular formula is C26H28Cl2FN5O4. The Hall–Kier alpha value is -3.21. The Balaban J connectivity index is 1.35. The lowest BCUT2D eigenvalue weighted by atomic mass is 9.96. The van der Waals surface area contributed by atoms with E-state index < -0.39 is 35.7 Å². The van der Waals surface area contributed by atoms with Crippen LogP contribution in [0.25, 0.3) is 11.0 Å². The fourth-order valence-electron chi connectivity index (χ4n) is 4.84. The van der Waals surface area contributed by atoms with Gasteiger partial charge in [0.25, 0.3) is 0 Å². The number of likely N-dealkylation sites (tertiary alicyclic amines) is 1. The van der Waals surface area contributed by atoms with Crippen molar-refractivity contribution in [1.82, 2.24) is 25.1 Å². The Morgan fingerprint density at radius 1 is 1.21 bits per heavy atom. The van der Waals surface area contributed by atoms with Crippen molar-refractivity contribution in [1.29, 1.82) is 0 Å². The van der Waals surface area contributed by atoms with Crippen LogP contribution in [0.4, 0.5) is 4.39 Å². The predicted octanol–water partition coefficient (Wildman–Crippen LogP) is 3.16. The molecule has 9 nitrogen and oxygen atoms in total. The third-order valence-electron chi connectivity index (χ3n) is 6.68. The van der Waals surface area contributed by atoms with Gasteiger partial charge in [-0.3, -0.25) is 19.3 Å². The molecular weight excluding hydrogens is 536 g/mol. The fraction of sp³-hybridized carbons (Fsp3) is 0.385. The molecule has 12 heteroatoms. The van der Waals surface area contributed by atoms with Crippen molar-refractivity contribution in [3.05, 3.63) is 63.6 Å². The van der Waals surface area contributed by atoms with E-state index in [4.69, 9.17) is 23.2 Å². The Labute approximate surface area is 228 Å². The van der Waals surface area contributed by atoms with Crippen LogP contribution in [0.5, 0.6) is 0 Å². The van der Waals surface area contributed by atoms with Gasteiger partial charge in [-0.25, -0.2) is 9.37 Å². The standard InChI is InChI=1S/C26H28Cl2FN5O4/c1-14(25(37)31-10-17-6-18-20(28)12-33(2)24(18)30-9-17)32-26(38)22-8-16(11-34(22)13-23(35)36)5-15-3-4-21(29)19(27)7-15/h3-4,6-7,9,12,14,16,22H,5,8,10-11,13H2,1-2H3,(H,31,37)(H,32,38)(H,35,36)/t14-,16-,22+/m0/s1. The van der Waals surface area contributed by atoms with Gasteiger partial charge in [-0.05, 0) is 55.0 Å². The maximum Gasteiger partial charge on any atom is 0.317 e. The number of fused-ring (bicyclic) bond motifs is 1. The number of nitrogens with zero attached hydrogens (tertiary/aromatic N) is 3. The molecule has 1 aromatic carbocycles. The van der Waals surface area contributed by atoms with Crippen LogP contribution in [0.15, 0.2) is 36.7 Å². The summed E-state index contributed by atoms with van der Waals surface area (Å²) in [5.41, 5.74) is 2.29. The summed E-state index contributed by atoms with van der Waals surface area (Å²) in [6.45, 7) is 1.83. The molecule has 0 aliphatic carbocycles. The van der Waals surface area contributed by atoms with Crippen molar-refractivity contribution in [2.24, 2.45) is 13.0 Å². The number of aliphatic carboxylic acids is 1. The number of halogens is 3. The van der Waals surface area contributed by atoms with Gasteiger partial charge in [0, 0.05) is 37.9 Å². The van der Waals surface area contributed by atoms with Gasteiger partial charge >= 0.3 is 5.97 Å². The molecule has 1 fully saturated rings. The summed E-state index contributed by atoms with van der Waals surface area (Å²) in [6.07, 6.45) is 4.32. The fourth-order valence-corrected chi connectivity index (χ4v) is 5.33. The third-order valence-corrected chi connectivity index (χ3v) is 7.27. The minimum absolute atomic E-state index is 0.0135. The van der Waals surface area contributed by atoms with E-state index in [1.165, 1.54) is 12.1 Å². The highest BCUT2D eigenvalue weighted by molar-refractivity contribution is 6.35. The van der Waals surface area contributed by atoms with Gasteiger partial charge in [0.15, 0.2) is 0 Å². The van der Waals surface area contributed by atoms with Crippen LogP contribution < -0.4 is 10.6 Å². The number of carbonyl (C=O) groups excluding carboxylic acids is 2. The molecule has 0 spiro atoms. The summed E-state index contributed by atoms with van der Waals surface area (Å²) < 4.78 is 15.3. The molecule has 1 aliphatic rings. The maximum atomic E-state index is 13.5. The molecule has 3 heterocycles. The first-order valence-electron chi connectivity index (χ1n) is 12.1. The zero-order chi connectivity index (χ0) is 27.6. The van der Waals surface area contributed by atoms with E-state index in [9.17, 15) is 23.9 Å². The SMILES string of the molecule is C[C@H](NC(=O)[C@H]1C[C@H](Cc2ccc(F)c(Cl)c2)CN1CC(=O)O)C(=O)NCc1cnc2c(c1)c(Cl)cn2C. The average Bonchev–Trinajstić information content (AvgIpc) is 3.38. The van der Waals surface area contributed by atoms with Crippen LogP contribution in [0.3, 0.4) is 0 Å². The average molecular weight is 564 g/mol. The van der Waals surface area contributed by atoms with Crippen LogP contribution in [0.1, 0.15) is 24.5 Å². The van der Waals surface area contributed by atoms with E-state index >= 15 is 0 Å². The first-order valence-corrected chi connectivity index (χ1v) is 12.8. The van der Waals surface area contributed by atoms with Crippen molar-refractivity contribution >= 4 is 52.0 Å². The minimum atomic E-state index is -1.05. The monoisotopic (exact) mass is 563 g/mol. The molecule has 2 amide bonds. The number of carbonyl (C=O) groups is 3. The van der Waals surface area contributed by atoms with Crippen molar-refractivity contribution in [3.63, 3.8) is 0 Å². The number of carboxylic acid groups (broad SMARTS) is 1. The number of carboxylic acids is 1. The number of pyridine rings is 1. The van der Waals surface area contributed by atoms with Gasteiger partial charge in [0.1, 0.15) is 17.5 Å². The molecule has 202 valence electrons. The number of benzene rings is 1. The third kappa shape index (κ3) is 6.43. The number of hydrogen-bond donors (Lipinski definition) is 3. The normalized spacial score (nSPS) is 18.4. The second-order valence-electron chi connectivity index (χ2n) is 9.64. The number of aromatic nitrogens is 2. The van der Waals surface area contributed by atoms with Crippen molar-refractivity contribution < 1.29 is 23.9 Å². The number of hydrogen-bond acceptors (Lipinski definition) is 5. The molecule has 0 bridgehead atoms. The maximum absolute atomic E-state index is 13.5. The zero-order valence-electron chi connectivity index (χ0n) is 20.9. The molecule has 4 rings (SSSR count). The van der Waals surface area contributed by atoms with Crippen molar-refractivity contribution in [2.75, 3.05) is 13.1 Å². The second kappa shape index (κ2) is 11.7. The van der Waals surface area contributed by atoms with Crippen LogP contribution in [-0.4, -0.2) is 62.5 Å². The van der Waals surface area contributed by atoms with E-state index in [0.29, 0.717) is 24.4 Å². The summed E-state index contributed by atoms with van der Waals surface area (Å²) in [7, 11) is 1.84. The quantitative estimate of drug-likeness (QED) is 0.368. The number of amides is 2. The number of aryl methyl sites for hydroxylation is 1. The van der Waals surface area contributed by atoms with Crippen LogP contribution in [0.2, 0.25) is 10.0 Å². The van der Waals surface area contributed by atoms with E-state index in [2.05, 4.69) is 15.6 Å². The molecule has 1 aliphatic heterocycles. The molecule has 0 saturated carbocycles. The lowest BCUT2D eigenvalue weighted by molar-refractivity contribution is -0.139. The topological polar surface area (TPSA) is 117 Å². The predicted molar refractivity (Wildman–Crippen MR) is 141 cm³/mol. The molecule has 0 unspecified atom stereocenters. The van der Waals surface area contributed by atoms with E-state index in [-0.39, 0.29) is 24.0 Å². The van der Waals surface area contributed by atoms with Crippen LogP contribution >= 0.6 is 23.2 Å². The highest BCUT2D eigenvalue weighted by Gasteiger charge is 2.38. The largest absolute Gasteiger partial charge is 0.480 e. The van der Waals surface area contributed by atoms with Crippen molar-refractivity contribution in [2.45, 2.75) is 38.4 Å². The molecule has 3 atom stereocenters. The lowest BCUT2D eigenvalue weighted by Crippen LogP contribution is -2.51. The van der Waals surface area contributed by atoms with E-state index in [1.807, 2.05) is 17.7 Å². The van der Waals surface area contributed by atoms with Crippen LogP contribution in [0, 0.1) is 11.7 Å². The Morgan fingerprint density at radius 3 is 2.68 bits per heavy atom. The first-order chi connectivity index (χ1) is 18.0. The summed E-state index contributed by atoms with van der Waals surface area (Å²) in [5, 5.41) is 16.2. The molecule has 1 saturated heterocycles. The molecule has 3 N–H and O–H groups in total. The Kier molecular flexibility index (Phi) is 8.54. The van der Waals surface area contributed by atoms with Gasteiger partial charge in [-0.15, -0.1) is 0 Å². The molecule has 38 heavy (non-hydrogen) atoms. The van der Waals surface area contributed by atoms with Gasteiger partial charge in [0.05, 0.1) is 22.6 Å². The summed E-state index contributed by atoms with van der Waals surface area (Å²) in [6, 6.07) is 4.74. The van der Waals surface area contributed by atoms with Crippen molar-refractivity contribution in [3.8, 4) is 0 Å². The van der Waals surface area contributed by atoms with Gasteiger partial charge in [0.2, 0.25) is 11.8 Å². The van der Waals surface area contributed by atoms with Crippen LogP contribution in [-0.2, 0) is 34.4 Å². The second-order valence-corrected chi connectivity index (χ2v) is 10.5. The molecule has 2 aromatic heterocycles. The summed E-state index contributed by atoms with van der Waals surface area (Å²) in [4.78, 5) is 43.2. The summed E-state index contributed by atoms with van der Waals surface area (Å²) >= 11 is 12.1. The van der Waals surface area contributed by atoms with E-state index in [1.54, 1.807) is 30.3 Å². The Morgan fingerprint density at radius 2 is 1.97 bits per heavy atom. The van der Waals surface area contributed by atoms with Gasteiger partial charge in [-0.2, -0.15) is 0 Å². The Bertz CT molecular complexity index is 1380. The van der Waals surface area contributed by atoms with Gasteiger partial charge in [-0.1, -0.05) is 29.3 Å². The molecule has 3 aromatic rings.